The van der Waals surface area contributed by atoms with Crippen LogP contribution >= 0.6 is 0 Å². The molecule has 12 rings (SSSR count). The molecule has 0 bridgehead atoms. The molecule has 1 aliphatic carbocycles. The SMILES string of the molecule is CC1(C)c2ccc(-c3cccc(-c4c5ccccc5c(-c5cccc6ccccc56)c5ccccc45)c3)cc2-c2c1ccc1ccc3c4ccccc4oc3c21. The molecule has 1 nitrogen and oxygen atoms in total. The Hall–Kier alpha value is -6.96. The second-order valence-electron chi connectivity index (χ2n) is 16.0. The molecular weight excluding hydrogens is 677 g/mol. The van der Waals surface area contributed by atoms with Crippen molar-refractivity contribution in [3.63, 3.8) is 0 Å². The Bertz CT molecular complexity index is 3390. The van der Waals surface area contributed by atoms with Gasteiger partial charge in [0.15, 0.2) is 0 Å². The van der Waals surface area contributed by atoms with Gasteiger partial charge in [-0.05, 0) is 118 Å². The molecule has 262 valence electrons. The average molecular weight is 713 g/mol. The van der Waals surface area contributed by atoms with E-state index in [0.29, 0.717) is 0 Å². The number of hydrogen-bond acceptors (Lipinski definition) is 1. The van der Waals surface area contributed by atoms with Crippen molar-refractivity contribution in [1.29, 1.82) is 0 Å². The molecule has 0 atom stereocenters. The first kappa shape index (κ1) is 31.4. The Morgan fingerprint density at radius 1 is 0.357 bits per heavy atom. The van der Waals surface area contributed by atoms with Gasteiger partial charge in [-0.2, -0.15) is 0 Å². The topological polar surface area (TPSA) is 13.1 Å². The van der Waals surface area contributed by atoms with Crippen LogP contribution in [0, 0.1) is 0 Å². The summed E-state index contributed by atoms with van der Waals surface area (Å²) >= 11 is 0. The van der Waals surface area contributed by atoms with Crippen LogP contribution in [-0.4, -0.2) is 0 Å². The number of para-hydroxylation sites is 1. The summed E-state index contributed by atoms with van der Waals surface area (Å²) in [5, 5.41) is 12.3. The number of furan rings is 1. The van der Waals surface area contributed by atoms with Gasteiger partial charge in [0.25, 0.3) is 0 Å². The first-order valence-electron chi connectivity index (χ1n) is 19.6. The van der Waals surface area contributed by atoms with Gasteiger partial charge in [0, 0.05) is 21.6 Å². The first-order chi connectivity index (χ1) is 27.5. The molecule has 1 aliphatic rings. The van der Waals surface area contributed by atoms with Crippen LogP contribution in [0.2, 0.25) is 0 Å². The molecule has 0 aliphatic heterocycles. The highest BCUT2D eigenvalue weighted by Gasteiger charge is 2.37. The van der Waals surface area contributed by atoms with Crippen LogP contribution in [0.3, 0.4) is 0 Å². The molecular formula is C55H36O. The van der Waals surface area contributed by atoms with Crippen LogP contribution in [0.25, 0.3) is 110 Å². The van der Waals surface area contributed by atoms with Crippen LogP contribution in [0.1, 0.15) is 25.0 Å². The smallest absolute Gasteiger partial charge is 0.143 e. The van der Waals surface area contributed by atoms with Gasteiger partial charge < -0.3 is 4.42 Å². The third kappa shape index (κ3) is 4.31. The predicted octanol–water partition coefficient (Wildman–Crippen LogP) is 15.5. The molecule has 0 unspecified atom stereocenters. The van der Waals surface area contributed by atoms with Crippen molar-refractivity contribution in [2.24, 2.45) is 0 Å². The minimum atomic E-state index is -0.142. The third-order valence-corrected chi connectivity index (χ3v) is 12.6. The van der Waals surface area contributed by atoms with Gasteiger partial charge in [-0.1, -0.05) is 172 Å². The molecule has 0 saturated heterocycles. The molecule has 1 heterocycles. The van der Waals surface area contributed by atoms with Crippen molar-refractivity contribution >= 4 is 65.0 Å². The van der Waals surface area contributed by atoms with Crippen molar-refractivity contribution < 1.29 is 4.42 Å². The van der Waals surface area contributed by atoms with Crippen molar-refractivity contribution in [1.82, 2.24) is 0 Å². The van der Waals surface area contributed by atoms with E-state index in [1.54, 1.807) is 0 Å². The number of fused-ring (bicyclic) bond motifs is 12. The Kier molecular flexibility index (Phi) is 6.46. The fourth-order valence-electron chi connectivity index (χ4n) is 10.0. The largest absolute Gasteiger partial charge is 0.455 e. The summed E-state index contributed by atoms with van der Waals surface area (Å²) in [6.45, 7) is 4.72. The highest BCUT2D eigenvalue weighted by molar-refractivity contribution is 6.24. The van der Waals surface area contributed by atoms with Crippen LogP contribution in [0.4, 0.5) is 0 Å². The van der Waals surface area contributed by atoms with E-state index >= 15 is 0 Å². The monoisotopic (exact) mass is 712 g/mol. The fraction of sp³-hybridized carbons (Fsp3) is 0.0545. The molecule has 0 saturated carbocycles. The van der Waals surface area contributed by atoms with Crippen molar-refractivity contribution in [3.05, 3.63) is 193 Å². The molecule has 1 heteroatoms. The Balaban J connectivity index is 1.07. The summed E-state index contributed by atoms with van der Waals surface area (Å²) in [5.41, 5.74) is 14.5. The van der Waals surface area contributed by atoms with Crippen molar-refractivity contribution in [3.8, 4) is 44.5 Å². The standard InChI is InChI=1S/C55H36O/c1-55(2)47-29-27-36(32-46(47)53-48(55)30-26-34-25-28-45-39-18-9-10-24-49(39)56-54(45)51(34)53)35-15-11-16-37(31-35)50-41-19-5-7-21-43(41)52(44-22-8-6-20-42(44)50)40-23-12-14-33-13-3-4-17-38(33)40/h3-32H,1-2H3. The second kappa shape index (κ2) is 11.5. The zero-order valence-electron chi connectivity index (χ0n) is 31.2. The molecule has 1 aromatic heterocycles. The minimum absolute atomic E-state index is 0.142. The maximum Gasteiger partial charge on any atom is 0.143 e. The Labute approximate surface area is 325 Å². The lowest BCUT2D eigenvalue weighted by molar-refractivity contribution is 0.660. The minimum Gasteiger partial charge on any atom is -0.455 e. The summed E-state index contributed by atoms with van der Waals surface area (Å²) in [6, 6.07) is 67.2. The van der Waals surface area contributed by atoms with E-state index in [4.69, 9.17) is 4.42 Å². The maximum absolute atomic E-state index is 6.68. The summed E-state index contributed by atoms with van der Waals surface area (Å²) in [5.74, 6) is 0. The molecule has 0 amide bonds. The zero-order valence-corrected chi connectivity index (χ0v) is 31.2. The third-order valence-electron chi connectivity index (χ3n) is 12.6. The zero-order chi connectivity index (χ0) is 37.1. The molecule has 0 N–H and O–H groups in total. The van der Waals surface area contributed by atoms with E-state index in [1.165, 1.54) is 104 Å². The quantitative estimate of drug-likeness (QED) is 0.166. The fourth-order valence-corrected chi connectivity index (χ4v) is 10.0. The van der Waals surface area contributed by atoms with E-state index in [1.807, 2.05) is 0 Å². The van der Waals surface area contributed by atoms with Crippen LogP contribution in [-0.2, 0) is 5.41 Å². The van der Waals surface area contributed by atoms with E-state index in [0.717, 1.165) is 16.6 Å². The second-order valence-corrected chi connectivity index (χ2v) is 16.0. The highest BCUT2D eigenvalue weighted by Crippen LogP contribution is 2.54. The van der Waals surface area contributed by atoms with E-state index in [9.17, 15) is 0 Å². The van der Waals surface area contributed by atoms with Crippen LogP contribution in [0.15, 0.2) is 186 Å². The predicted molar refractivity (Wildman–Crippen MR) is 238 cm³/mol. The van der Waals surface area contributed by atoms with Gasteiger partial charge in [-0.3, -0.25) is 0 Å². The number of hydrogen-bond donors (Lipinski definition) is 0. The summed E-state index contributed by atoms with van der Waals surface area (Å²) in [7, 11) is 0. The van der Waals surface area contributed by atoms with Gasteiger partial charge in [0.1, 0.15) is 11.2 Å². The molecule has 0 spiro atoms. The van der Waals surface area contributed by atoms with Crippen LogP contribution < -0.4 is 0 Å². The highest BCUT2D eigenvalue weighted by atomic mass is 16.3. The number of rotatable bonds is 3. The van der Waals surface area contributed by atoms with Gasteiger partial charge in [-0.25, -0.2) is 0 Å². The van der Waals surface area contributed by atoms with E-state index in [2.05, 4.69) is 196 Å². The maximum atomic E-state index is 6.68. The molecule has 0 fully saturated rings. The summed E-state index contributed by atoms with van der Waals surface area (Å²) < 4.78 is 6.68. The first-order valence-corrected chi connectivity index (χ1v) is 19.6. The number of benzene rings is 10. The average Bonchev–Trinajstić information content (AvgIpc) is 3.74. The summed E-state index contributed by atoms with van der Waals surface area (Å²) in [6.07, 6.45) is 0. The van der Waals surface area contributed by atoms with E-state index in [-0.39, 0.29) is 5.41 Å². The van der Waals surface area contributed by atoms with Crippen molar-refractivity contribution in [2.75, 3.05) is 0 Å². The lowest BCUT2D eigenvalue weighted by Gasteiger charge is -2.22. The molecule has 11 aromatic rings. The van der Waals surface area contributed by atoms with Crippen LogP contribution in [0.5, 0.6) is 0 Å². The Morgan fingerprint density at radius 3 is 1.73 bits per heavy atom. The Morgan fingerprint density at radius 2 is 0.946 bits per heavy atom. The van der Waals surface area contributed by atoms with Gasteiger partial charge in [0.2, 0.25) is 0 Å². The van der Waals surface area contributed by atoms with Gasteiger partial charge in [-0.15, -0.1) is 0 Å². The van der Waals surface area contributed by atoms with E-state index < -0.39 is 0 Å². The molecule has 56 heavy (non-hydrogen) atoms. The summed E-state index contributed by atoms with van der Waals surface area (Å²) in [4.78, 5) is 0. The lowest BCUT2D eigenvalue weighted by atomic mass is 9.81. The van der Waals surface area contributed by atoms with Gasteiger partial charge in [0.05, 0.1) is 0 Å². The normalized spacial score (nSPS) is 13.3. The molecule has 0 radical (unpaired) electrons. The lowest BCUT2D eigenvalue weighted by Crippen LogP contribution is -2.14. The molecule has 10 aromatic carbocycles. The van der Waals surface area contributed by atoms with Crippen molar-refractivity contribution in [2.45, 2.75) is 19.3 Å². The van der Waals surface area contributed by atoms with Gasteiger partial charge >= 0.3 is 0 Å².